The smallest absolute Gasteiger partial charge is 0.257 e. The van der Waals surface area contributed by atoms with Crippen molar-refractivity contribution in [3.8, 4) is 0 Å². The van der Waals surface area contributed by atoms with Crippen molar-refractivity contribution in [3.63, 3.8) is 0 Å². The van der Waals surface area contributed by atoms with E-state index < -0.39 is 0 Å². The molecule has 4 rings (SSSR count). The molecular formula is C20H23N3O2S2. The van der Waals surface area contributed by atoms with Gasteiger partial charge in [-0.3, -0.25) is 9.59 Å². The number of Topliss-reactive ketones (excluding diaryl/α,β-unsaturated/α-hetero) is 1. The molecule has 0 aromatic carbocycles. The molecule has 1 atom stereocenters. The minimum atomic E-state index is -0.339. The van der Waals surface area contributed by atoms with Gasteiger partial charge in [-0.05, 0) is 23.3 Å². The summed E-state index contributed by atoms with van der Waals surface area (Å²) in [7, 11) is 0. The maximum Gasteiger partial charge on any atom is 0.257 e. The summed E-state index contributed by atoms with van der Waals surface area (Å²) >= 11 is 3.10. The molecule has 2 aromatic heterocycles. The number of hydrogen-bond acceptors (Lipinski definition) is 6. The molecule has 0 saturated carbocycles. The largest absolute Gasteiger partial charge is 0.343 e. The Hall–Kier alpha value is -1.86. The van der Waals surface area contributed by atoms with Gasteiger partial charge in [-0.2, -0.15) is 0 Å². The van der Waals surface area contributed by atoms with Gasteiger partial charge in [0.25, 0.3) is 5.56 Å². The second kappa shape index (κ2) is 6.63. The van der Waals surface area contributed by atoms with Crippen molar-refractivity contribution < 1.29 is 4.79 Å². The third-order valence-electron chi connectivity index (χ3n) is 4.88. The summed E-state index contributed by atoms with van der Waals surface area (Å²) in [4.78, 5) is 34.7. The topological polar surface area (TPSA) is 74.8 Å². The third-order valence-corrected chi connectivity index (χ3v) is 6.70. The summed E-state index contributed by atoms with van der Waals surface area (Å²) in [5, 5.41) is 6.26. The fourth-order valence-electron chi connectivity index (χ4n) is 3.91. The maximum absolute atomic E-state index is 13.1. The molecule has 0 amide bonds. The SMILES string of the molecule is CC(C)Sc1nc2c(c(=O)[nH]1)[C@H](c1cccs1)C1=C(CC(C)(C)CC1=O)N2. The van der Waals surface area contributed by atoms with Crippen molar-refractivity contribution in [3.05, 3.63) is 49.6 Å². The van der Waals surface area contributed by atoms with Crippen molar-refractivity contribution in [2.75, 3.05) is 5.32 Å². The summed E-state index contributed by atoms with van der Waals surface area (Å²) in [6.07, 6.45) is 1.27. The van der Waals surface area contributed by atoms with Gasteiger partial charge < -0.3 is 10.3 Å². The van der Waals surface area contributed by atoms with Gasteiger partial charge in [0, 0.05) is 27.8 Å². The van der Waals surface area contributed by atoms with Gasteiger partial charge in [-0.15, -0.1) is 11.3 Å². The Bertz CT molecular complexity index is 987. The number of carbonyl (C=O) groups is 1. The van der Waals surface area contributed by atoms with Crippen LogP contribution in [-0.2, 0) is 4.79 Å². The first-order valence-corrected chi connectivity index (χ1v) is 10.9. The van der Waals surface area contributed by atoms with Gasteiger partial charge in [0.1, 0.15) is 5.82 Å². The number of hydrogen-bond donors (Lipinski definition) is 2. The molecule has 2 aliphatic rings. The second-order valence-corrected chi connectivity index (χ2v) is 10.8. The quantitative estimate of drug-likeness (QED) is 0.584. The summed E-state index contributed by atoms with van der Waals surface area (Å²) in [6, 6.07) is 3.96. The Kier molecular flexibility index (Phi) is 4.55. The molecule has 2 aromatic rings. The van der Waals surface area contributed by atoms with E-state index in [4.69, 9.17) is 4.98 Å². The van der Waals surface area contributed by atoms with Crippen LogP contribution in [0.3, 0.4) is 0 Å². The van der Waals surface area contributed by atoms with E-state index in [9.17, 15) is 9.59 Å². The Balaban J connectivity index is 1.91. The summed E-state index contributed by atoms with van der Waals surface area (Å²) in [6.45, 7) is 8.35. The van der Waals surface area contributed by atoms with Crippen LogP contribution in [0, 0.1) is 5.41 Å². The predicted octanol–water partition coefficient (Wildman–Crippen LogP) is 4.53. The Morgan fingerprint density at radius 3 is 2.74 bits per heavy atom. The first-order chi connectivity index (χ1) is 12.7. The lowest BCUT2D eigenvalue weighted by atomic mass is 9.70. The molecule has 0 unspecified atom stereocenters. The van der Waals surface area contributed by atoms with Gasteiger partial charge in [0.2, 0.25) is 0 Å². The zero-order chi connectivity index (χ0) is 19.3. The summed E-state index contributed by atoms with van der Waals surface area (Å²) in [5.41, 5.74) is 1.94. The van der Waals surface area contributed by atoms with E-state index in [1.165, 1.54) is 11.8 Å². The highest BCUT2D eigenvalue weighted by Gasteiger charge is 2.42. The van der Waals surface area contributed by atoms with Crippen LogP contribution in [0.15, 0.2) is 38.7 Å². The molecule has 0 spiro atoms. The Morgan fingerprint density at radius 2 is 2.07 bits per heavy atom. The lowest BCUT2D eigenvalue weighted by Crippen LogP contribution is -2.36. The van der Waals surface area contributed by atoms with Gasteiger partial charge in [-0.1, -0.05) is 45.5 Å². The molecule has 1 aliphatic carbocycles. The van der Waals surface area contributed by atoms with Gasteiger partial charge >= 0.3 is 0 Å². The van der Waals surface area contributed by atoms with Crippen LogP contribution < -0.4 is 10.9 Å². The number of ketones is 1. The number of thioether (sulfide) groups is 1. The van der Waals surface area contributed by atoms with Crippen LogP contribution in [0.5, 0.6) is 0 Å². The van der Waals surface area contributed by atoms with Crippen molar-refractivity contribution in [2.24, 2.45) is 5.41 Å². The van der Waals surface area contributed by atoms with Crippen molar-refractivity contribution in [1.29, 1.82) is 0 Å². The molecule has 0 fully saturated rings. The number of H-pyrrole nitrogens is 1. The summed E-state index contributed by atoms with van der Waals surface area (Å²) < 4.78 is 0. The standard InChI is InChI=1S/C20H23N3O2S2/c1-10(2)27-19-22-17-16(18(25)23-19)15(13-6-5-7-26-13)14-11(21-17)8-20(3,4)9-12(14)24/h5-7,10,15H,8-9H2,1-4H3,(H2,21,22,23,25)/t15-/m1/s1. The van der Waals surface area contributed by atoms with E-state index in [1.807, 2.05) is 17.5 Å². The van der Waals surface area contributed by atoms with Gasteiger partial charge in [-0.25, -0.2) is 4.98 Å². The molecule has 0 radical (unpaired) electrons. The van der Waals surface area contributed by atoms with Crippen LogP contribution in [0.1, 0.15) is 56.9 Å². The number of nitrogens with one attached hydrogen (secondary N) is 2. The van der Waals surface area contributed by atoms with Crippen LogP contribution in [0.25, 0.3) is 0 Å². The molecule has 0 saturated heterocycles. The minimum absolute atomic E-state index is 0.100. The lowest BCUT2D eigenvalue weighted by Gasteiger charge is -2.38. The molecule has 27 heavy (non-hydrogen) atoms. The van der Waals surface area contributed by atoms with Gasteiger partial charge in [0.05, 0.1) is 11.5 Å². The highest BCUT2D eigenvalue weighted by atomic mass is 32.2. The van der Waals surface area contributed by atoms with Crippen LogP contribution in [0.2, 0.25) is 0 Å². The minimum Gasteiger partial charge on any atom is -0.343 e. The van der Waals surface area contributed by atoms with Crippen molar-refractivity contribution in [2.45, 2.75) is 56.9 Å². The van der Waals surface area contributed by atoms with E-state index in [-0.39, 0.29) is 22.7 Å². The Labute approximate surface area is 166 Å². The number of thiophene rings is 1. The van der Waals surface area contributed by atoms with E-state index in [0.29, 0.717) is 28.2 Å². The first-order valence-electron chi connectivity index (χ1n) is 9.13. The van der Waals surface area contributed by atoms with Crippen LogP contribution >= 0.6 is 23.1 Å². The number of carbonyl (C=O) groups excluding carboxylic acids is 1. The zero-order valence-corrected chi connectivity index (χ0v) is 17.5. The first kappa shape index (κ1) is 18.5. The third kappa shape index (κ3) is 3.38. The van der Waals surface area contributed by atoms with E-state index in [1.54, 1.807) is 11.3 Å². The molecule has 1 aliphatic heterocycles. The Morgan fingerprint density at radius 1 is 1.30 bits per heavy atom. The molecule has 5 nitrogen and oxygen atoms in total. The van der Waals surface area contributed by atoms with E-state index >= 15 is 0 Å². The second-order valence-electron chi connectivity index (χ2n) is 8.21. The number of allylic oxidation sites excluding steroid dienone is 2. The molecule has 142 valence electrons. The average molecular weight is 402 g/mol. The molecule has 7 heteroatoms. The fourth-order valence-corrected chi connectivity index (χ4v) is 5.50. The number of fused-ring (bicyclic) bond motifs is 1. The number of nitrogens with zero attached hydrogens (tertiary/aromatic N) is 1. The number of anilines is 1. The van der Waals surface area contributed by atoms with Crippen LogP contribution in [0.4, 0.5) is 5.82 Å². The normalized spacial score (nSPS) is 21.1. The molecular weight excluding hydrogens is 378 g/mol. The van der Waals surface area contributed by atoms with E-state index in [0.717, 1.165) is 22.6 Å². The van der Waals surface area contributed by atoms with Gasteiger partial charge in [0.15, 0.2) is 10.9 Å². The summed E-state index contributed by atoms with van der Waals surface area (Å²) in [5.74, 6) is 0.372. The average Bonchev–Trinajstić information content (AvgIpc) is 3.04. The number of aromatic amines is 1. The van der Waals surface area contributed by atoms with E-state index in [2.05, 4.69) is 38.0 Å². The van der Waals surface area contributed by atoms with Crippen molar-refractivity contribution >= 4 is 34.7 Å². The molecule has 3 heterocycles. The highest BCUT2D eigenvalue weighted by Crippen LogP contribution is 2.48. The number of rotatable bonds is 3. The fraction of sp³-hybridized carbons (Fsp3) is 0.450. The maximum atomic E-state index is 13.1. The number of aromatic nitrogens is 2. The van der Waals surface area contributed by atoms with Crippen LogP contribution in [-0.4, -0.2) is 21.0 Å². The molecule has 2 N–H and O–H groups in total. The predicted molar refractivity (Wildman–Crippen MR) is 111 cm³/mol. The zero-order valence-electron chi connectivity index (χ0n) is 15.9. The van der Waals surface area contributed by atoms with Crippen molar-refractivity contribution in [1.82, 2.24) is 9.97 Å². The highest BCUT2D eigenvalue weighted by molar-refractivity contribution is 7.99. The monoisotopic (exact) mass is 401 g/mol. The lowest BCUT2D eigenvalue weighted by molar-refractivity contribution is -0.118. The molecule has 0 bridgehead atoms.